The molecule has 2 rings (SSSR count). The fourth-order valence-electron chi connectivity index (χ4n) is 1.87. The Hall–Kier alpha value is -1.68. The molecule has 1 aromatic carbocycles. The van der Waals surface area contributed by atoms with Gasteiger partial charge in [0.25, 0.3) is 0 Å². The summed E-state index contributed by atoms with van der Waals surface area (Å²) < 4.78 is 13.6. The Balaban J connectivity index is 2.45. The molecule has 0 aliphatic heterocycles. The Kier molecular flexibility index (Phi) is 5.12. The second kappa shape index (κ2) is 6.85. The zero-order chi connectivity index (χ0) is 15.4. The molecule has 0 spiro atoms. The van der Waals surface area contributed by atoms with Gasteiger partial charge in [0.15, 0.2) is 5.82 Å². The van der Waals surface area contributed by atoms with Crippen LogP contribution < -0.4 is 5.32 Å². The van der Waals surface area contributed by atoms with Crippen LogP contribution in [0.1, 0.15) is 38.8 Å². The minimum Gasteiger partial charge on any atom is -0.370 e. The van der Waals surface area contributed by atoms with Crippen LogP contribution in [0.3, 0.4) is 0 Å². The molecule has 0 aliphatic carbocycles. The van der Waals surface area contributed by atoms with E-state index in [0.29, 0.717) is 11.4 Å². The quantitative estimate of drug-likeness (QED) is 0.855. The Morgan fingerprint density at radius 2 is 2.00 bits per heavy atom. The zero-order valence-electron chi connectivity index (χ0n) is 12.5. The number of hydrogen-bond acceptors (Lipinski definition) is 3. The van der Waals surface area contributed by atoms with Crippen LogP contribution in [0, 0.1) is 5.82 Å². The number of benzene rings is 1. The van der Waals surface area contributed by atoms with Crippen LogP contribution in [-0.2, 0) is 0 Å². The highest BCUT2D eigenvalue weighted by Gasteiger charge is 2.11. The van der Waals surface area contributed by atoms with Gasteiger partial charge in [-0.3, -0.25) is 0 Å². The third-order valence-corrected chi connectivity index (χ3v) is 3.38. The molecule has 0 amide bonds. The second-order valence-electron chi connectivity index (χ2n) is 5.21. The number of rotatable bonds is 5. The summed E-state index contributed by atoms with van der Waals surface area (Å²) in [5.74, 6) is 1.08. The van der Waals surface area contributed by atoms with Crippen molar-refractivity contribution in [3.63, 3.8) is 0 Å². The van der Waals surface area contributed by atoms with Gasteiger partial charge in [-0.25, -0.2) is 14.4 Å². The summed E-state index contributed by atoms with van der Waals surface area (Å²) in [4.78, 5) is 8.98. The van der Waals surface area contributed by atoms with E-state index in [2.05, 4.69) is 36.1 Å². The highest BCUT2D eigenvalue weighted by Crippen LogP contribution is 2.25. The van der Waals surface area contributed by atoms with E-state index in [-0.39, 0.29) is 10.9 Å². The number of nitrogens with one attached hydrogen (secondary N) is 1. The molecule has 3 nitrogen and oxygen atoms in total. The Morgan fingerprint density at radius 1 is 1.24 bits per heavy atom. The molecule has 112 valence electrons. The maximum atomic E-state index is 13.6. The molecule has 0 radical (unpaired) electrons. The lowest BCUT2D eigenvalue weighted by Gasteiger charge is -2.11. The lowest BCUT2D eigenvalue weighted by Crippen LogP contribution is -2.06. The van der Waals surface area contributed by atoms with Gasteiger partial charge in [0, 0.05) is 23.9 Å². The average molecular weight is 308 g/mol. The van der Waals surface area contributed by atoms with E-state index >= 15 is 0 Å². The van der Waals surface area contributed by atoms with Crippen molar-refractivity contribution in [2.24, 2.45) is 0 Å². The van der Waals surface area contributed by atoms with E-state index in [1.807, 2.05) is 6.07 Å². The van der Waals surface area contributed by atoms with Gasteiger partial charge in [0.1, 0.15) is 11.6 Å². The van der Waals surface area contributed by atoms with Gasteiger partial charge in [-0.2, -0.15) is 0 Å². The number of halogens is 2. The van der Waals surface area contributed by atoms with Crippen molar-refractivity contribution in [3.8, 4) is 11.4 Å². The molecule has 0 fully saturated rings. The van der Waals surface area contributed by atoms with E-state index in [0.717, 1.165) is 24.5 Å². The first kappa shape index (κ1) is 15.7. The maximum absolute atomic E-state index is 13.6. The van der Waals surface area contributed by atoms with E-state index in [1.54, 1.807) is 6.07 Å². The van der Waals surface area contributed by atoms with Gasteiger partial charge in [0.05, 0.1) is 5.02 Å². The smallest absolute Gasteiger partial charge is 0.161 e. The van der Waals surface area contributed by atoms with Crippen molar-refractivity contribution in [1.29, 1.82) is 0 Å². The zero-order valence-corrected chi connectivity index (χ0v) is 13.2. The lowest BCUT2D eigenvalue weighted by atomic mass is 10.1. The highest BCUT2D eigenvalue weighted by atomic mass is 35.5. The third-order valence-electron chi connectivity index (χ3n) is 3.07. The van der Waals surface area contributed by atoms with Gasteiger partial charge in [-0.15, -0.1) is 0 Å². The minimum absolute atomic E-state index is 0.100. The van der Waals surface area contributed by atoms with Gasteiger partial charge in [0.2, 0.25) is 0 Å². The summed E-state index contributed by atoms with van der Waals surface area (Å²) in [7, 11) is 0. The SMILES string of the molecule is CCCNc1cc(C(C)C)nc(-c2ccc(Cl)c(F)c2)n1. The Morgan fingerprint density at radius 3 is 2.62 bits per heavy atom. The molecule has 0 saturated carbocycles. The normalized spacial score (nSPS) is 11.0. The van der Waals surface area contributed by atoms with Crippen LogP contribution in [0.4, 0.5) is 10.2 Å². The molecule has 0 unspecified atom stereocenters. The van der Waals surface area contributed by atoms with Crippen LogP contribution in [0.5, 0.6) is 0 Å². The predicted molar refractivity (Wildman–Crippen MR) is 85.3 cm³/mol. The molecule has 0 atom stereocenters. The van der Waals surface area contributed by atoms with Crippen molar-refractivity contribution in [1.82, 2.24) is 9.97 Å². The molecule has 5 heteroatoms. The van der Waals surface area contributed by atoms with Crippen molar-refractivity contribution in [3.05, 3.63) is 40.8 Å². The van der Waals surface area contributed by atoms with E-state index in [4.69, 9.17) is 11.6 Å². The minimum atomic E-state index is -0.462. The fraction of sp³-hybridized carbons (Fsp3) is 0.375. The summed E-state index contributed by atoms with van der Waals surface area (Å²) >= 11 is 5.72. The van der Waals surface area contributed by atoms with Crippen molar-refractivity contribution in [2.75, 3.05) is 11.9 Å². The van der Waals surface area contributed by atoms with Crippen molar-refractivity contribution >= 4 is 17.4 Å². The topological polar surface area (TPSA) is 37.8 Å². The third kappa shape index (κ3) is 3.91. The molecule has 0 saturated heterocycles. The summed E-state index contributed by atoms with van der Waals surface area (Å²) in [6, 6.07) is 6.56. The lowest BCUT2D eigenvalue weighted by molar-refractivity contribution is 0.628. The molecular formula is C16H19ClFN3. The van der Waals surface area contributed by atoms with E-state index in [9.17, 15) is 4.39 Å². The molecule has 0 aliphatic rings. The van der Waals surface area contributed by atoms with Crippen LogP contribution >= 0.6 is 11.6 Å². The van der Waals surface area contributed by atoms with Gasteiger partial charge < -0.3 is 5.32 Å². The van der Waals surface area contributed by atoms with Gasteiger partial charge >= 0.3 is 0 Å². The molecule has 1 aromatic heterocycles. The highest BCUT2D eigenvalue weighted by molar-refractivity contribution is 6.30. The van der Waals surface area contributed by atoms with Crippen molar-refractivity contribution < 1.29 is 4.39 Å². The molecule has 0 bridgehead atoms. The standard InChI is InChI=1S/C16H19ClFN3/c1-4-7-19-15-9-14(10(2)3)20-16(21-15)11-5-6-12(17)13(18)8-11/h5-6,8-10H,4,7H2,1-3H3,(H,19,20,21). The number of anilines is 1. The summed E-state index contributed by atoms with van der Waals surface area (Å²) in [5, 5.41) is 3.35. The predicted octanol–water partition coefficient (Wildman–Crippen LogP) is 4.88. The molecule has 1 heterocycles. The molecule has 21 heavy (non-hydrogen) atoms. The van der Waals surface area contributed by atoms with Crippen LogP contribution in [0.2, 0.25) is 5.02 Å². The maximum Gasteiger partial charge on any atom is 0.161 e. The first-order valence-electron chi connectivity index (χ1n) is 7.09. The fourth-order valence-corrected chi connectivity index (χ4v) is 1.99. The number of hydrogen-bond donors (Lipinski definition) is 1. The van der Waals surface area contributed by atoms with Gasteiger partial charge in [-0.1, -0.05) is 32.4 Å². The van der Waals surface area contributed by atoms with E-state index in [1.165, 1.54) is 12.1 Å². The van der Waals surface area contributed by atoms with E-state index < -0.39 is 5.82 Å². The van der Waals surface area contributed by atoms with Gasteiger partial charge in [-0.05, 0) is 30.5 Å². The first-order valence-corrected chi connectivity index (χ1v) is 7.47. The Labute approximate surface area is 129 Å². The first-order chi connectivity index (χ1) is 10.0. The molecule has 2 aromatic rings. The monoisotopic (exact) mass is 307 g/mol. The summed E-state index contributed by atoms with van der Waals surface area (Å²) in [5.41, 5.74) is 1.55. The second-order valence-corrected chi connectivity index (χ2v) is 5.62. The molecular weight excluding hydrogens is 289 g/mol. The largest absolute Gasteiger partial charge is 0.370 e. The van der Waals surface area contributed by atoms with Crippen molar-refractivity contribution in [2.45, 2.75) is 33.1 Å². The summed E-state index contributed by atoms with van der Waals surface area (Å²) in [6.45, 7) is 7.06. The van der Waals surface area contributed by atoms with Crippen LogP contribution in [0.25, 0.3) is 11.4 Å². The number of nitrogens with zero attached hydrogens (tertiary/aromatic N) is 2. The van der Waals surface area contributed by atoms with Crippen LogP contribution in [-0.4, -0.2) is 16.5 Å². The Bertz CT molecular complexity index is 629. The summed E-state index contributed by atoms with van der Waals surface area (Å²) in [6.07, 6.45) is 1.01. The average Bonchev–Trinajstić information content (AvgIpc) is 2.47. The number of aromatic nitrogens is 2. The van der Waals surface area contributed by atoms with Crippen LogP contribution in [0.15, 0.2) is 24.3 Å². The molecule has 1 N–H and O–H groups in total.